The van der Waals surface area contributed by atoms with E-state index in [0.717, 1.165) is 28.0 Å². The molecule has 0 aromatic heterocycles. The van der Waals surface area contributed by atoms with Gasteiger partial charge in [0.25, 0.3) is 5.91 Å². The monoisotopic (exact) mass is 530 g/mol. The summed E-state index contributed by atoms with van der Waals surface area (Å²) in [4.78, 5) is 18.0. The highest BCUT2D eigenvalue weighted by molar-refractivity contribution is 6.04. The van der Waals surface area contributed by atoms with E-state index in [1.807, 2.05) is 29.2 Å². The molecule has 1 atom stereocenters. The molecule has 0 saturated carbocycles. The van der Waals surface area contributed by atoms with Gasteiger partial charge < -0.3 is 14.4 Å². The normalized spacial score (nSPS) is 17.8. The van der Waals surface area contributed by atoms with Crippen molar-refractivity contribution in [2.75, 3.05) is 51.8 Å². The number of piperazine rings is 1. The molecular weight excluding hydrogens is 495 g/mol. The van der Waals surface area contributed by atoms with Gasteiger partial charge in [-0.2, -0.15) is 5.10 Å². The Morgan fingerprint density at radius 1 is 0.974 bits per heavy atom. The van der Waals surface area contributed by atoms with Gasteiger partial charge in [-0.05, 0) is 55.8 Å². The molecule has 2 aliphatic rings. The molecule has 1 amide bonds. The minimum Gasteiger partial charge on any atom is -0.497 e. The van der Waals surface area contributed by atoms with Crippen molar-refractivity contribution in [3.63, 3.8) is 0 Å². The molecule has 1 fully saturated rings. The van der Waals surface area contributed by atoms with Crippen molar-refractivity contribution in [1.29, 1.82) is 0 Å². The number of hydrazone groups is 1. The molecule has 7 nitrogen and oxygen atoms in total. The van der Waals surface area contributed by atoms with Crippen LogP contribution < -0.4 is 14.4 Å². The Kier molecular flexibility index (Phi) is 7.84. The summed E-state index contributed by atoms with van der Waals surface area (Å²) in [7, 11) is 3.26. The van der Waals surface area contributed by atoms with E-state index in [1.54, 1.807) is 31.4 Å². The van der Waals surface area contributed by atoms with E-state index in [0.29, 0.717) is 49.8 Å². The number of carbonyl (C=O) groups excluding carboxylic acids is 1. The second-order valence-corrected chi connectivity index (χ2v) is 10.1. The topological polar surface area (TPSA) is 57.6 Å². The maximum Gasteiger partial charge on any atom is 0.257 e. The van der Waals surface area contributed by atoms with E-state index < -0.39 is 0 Å². The summed E-state index contributed by atoms with van der Waals surface area (Å²) in [5.41, 5.74) is 5.66. The third-order valence-corrected chi connectivity index (χ3v) is 7.59. The van der Waals surface area contributed by atoms with Gasteiger partial charge in [-0.3, -0.25) is 9.69 Å². The molecule has 204 valence electrons. The zero-order valence-corrected chi connectivity index (χ0v) is 23.0. The van der Waals surface area contributed by atoms with Gasteiger partial charge in [0.2, 0.25) is 0 Å². The largest absolute Gasteiger partial charge is 0.497 e. The fourth-order valence-corrected chi connectivity index (χ4v) is 5.41. The molecule has 1 saturated heterocycles. The van der Waals surface area contributed by atoms with Gasteiger partial charge >= 0.3 is 0 Å². The highest BCUT2D eigenvalue weighted by atomic mass is 19.1. The number of halogens is 1. The van der Waals surface area contributed by atoms with Crippen LogP contribution in [0.5, 0.6) is 11.5 Å². The predicted octanol–water partition coefficient (Wildman–Crippen LogP) is 4.96. The standard InChI is InChI=1S/C31H35FN4O3/c1-21-9-10-22(2)24(17-21)27-19-29(25-18-23(38-3)11-12-30(25)39-4)36(33-27)31(37)20-34-13-15-35(16-14-34)28-8-6-5-7-26(28)32/h5-12,17-18,29H,13-16,19-20H2,1-4H3/t29-/m0/s1. The number of hydrogen-bond donors (Lipinski definition) is 0. The van der Waals surface area contributed by atoms with E-state index in [2.05, 4.69) is 36.9 Å². The number of carbonyl (C=O) groups is 1. The number of hydrogen-bond acceptors (Lipinski definition) is 6. The number of nitrogens with zero attached hydrogens (tertiary/aromatic N) is 4. The Balaban J connectivity index is 1.39. The number of para-hydroxylation sites is 1. The van der Waals surface area contributed by atoms with Gasteiger partial charge in [-0.25, -0.2) is 9.40 Å². The third-order valence-electron chi connectivity index (χ3n) is 7.59. The van der Waals surface area contributed by atoms with Gasteiger partial charge in [0.05, 0.1) is 38.2 Å². The van der Waals surface area contributed by atoms with Crippen LogP contribution in [-0.4, -0.2) is 68.5 Å². The first-order valence-corrected chi connectivity index (χ1v) is 13.3. The van der Waals surface area contributed by atoms with Crippen molar-refractivity contribution in [2.24, 2.45) is 5.10 Å². The Bertz CT molecular complexity index is 1380. The number of rotatable bonds is 7. The summed E-state index contributed by atoms with van der Waals surface area (Å²) in [6.07, 6.45) is 0.570. The lowest BCUT2D eigenvalue weighted by Gasteiger charge is -2.36. The van der Waals surface area contributed by atoms with E-state index >= 15 is 0 Å². The lowest BCUT2D eigenvalue weighted by molar-refractivity contribution is -0.134. The van der Waals surface area contributed by atoms with Crippen LogP contribution in [0.3, 0.4) is 0 Å². The first-order valence-electron chi connectivity index (χ1n) is 13.3. The van der Waals surface area contributed by atoms with E-state index in [1.165, 1.54) is 6.07 Å². The molecule has 0 unspecified atom stereocenters. The molecule has 0 radical (unpaired) electrons. The lowest BCUT2D eigenvalue weighted by atomic mass is 9.94. The van der Waals surface area contributed by atoms with Gasteiger partial charge in [0, 0.05) is 43.7 Å². The molecule has 0 bridgehead atoms. The van der Waals surface area contributed by atoms with Crippen LogP contribution in [0.2, 0.25) is 0 Å². The minimum absolute atomic E-state index is 0.0791. The van der Waals surface area contributed by atoms with Crippen LogP contribution in [0.4, 0.5) is 10.1 Å². The zero-order valence-electron chi connectivity index (χ0n) is 23.0. The van der Waals surface area contributed by atoms with Crippen molar-refractivity contribution in [2.45, 2.75) is 26.3 Å². The number of aryl methyl sites for hydroxylation is 2. The molecule has 0 spiro atoms. The van der Waals surface area contributed by atoms with Crippen LogP contribution >= 0.6 is 0 Å². The first kappa shape index (κ1) is 26.7. The SMILES string of the molecule is COc1ccc(OC)c([C@@H]2CC(c3cc(C)ccc3C)=NN2C(=O)CN2CCN(c3ccccc3F)CC2)c1. The highest BCUT2D eigenvalue weighted by Crippen LogP contribution is 2.40. The van der Waals surface area contributed by atoms with Crippen LogP contribution in [0, 0.1) is 19.7 Å². The number of methoxy groups -OCH3 is 2. The van der Waals surface area contributed by atoms with Crippen LogP contribution in [0.15, 0.2) is 65.8 Å². The molecule has 2 heterocycles. The number of amides is 1. The van der Waals surface area contributed by atoms with E-state index in [4.69, 9.17) is 14.6 Å². The van der Waals surface area contributed by atoms with Crippen LogP contribution in [-0.2, 0) is 4.79 Å². The number of anilines is 1. The van der Waals surface area contributed by atoms with Crippen molar-refractivity contribution in [3.05, 3.63) is 88.7 Å². The third kappa shape index (κ3) is 5.61. The number of ether oxygens (including phenoxy) is 2. The maximum absolute atomic E-state index is 14.3. The van der Waals surface area contributed by atoms with Crippen molar-refractivity contribution in [1.82, 2.24) is 9.91 Å². The van der Waals surface area contributed by atoms with Gasteiger partial charge in [0.15, 0.2) is 0 Å². The summed E-state index contributed by atoms with van der Waals surface area (Å²) < 4.78 is 25.5. The number of benzene rings is 3. The molecule has 2 aliphatic heterocycles. The first-order chi connectivity index (χ1) is 18.9. The molecule has 3 aromatic carbocycles. The Hall–Kier alpha value is -3.91. The average molecular weight is 531 g/mol. The summed E-state index contributed by atoms with van der Waals surface area (Å²) >= 11 is 0. The second-order valence-electron chi connectivity index (χ2n) is 10.1. The van der Waals surface area contributed by atoms with Crippen LogP contribution in [0.1, 0.15) is 34.7 Å². The Labute approximate surface area is 229 Å². The average Bonchev–Trinajstić information content (AvgIpc) is 3.40. The van der Waals surface area contributed by atoms with Crippen molar-refractivity contribution < 1.29 is 18.7 Å². The van der Waals surface area contributed by atoms with Crippen molar-refractivity contribution in [3.8, 4) is 11.5 Å². The lowest BCUT2D eigenvalue weighted by Crippen LogP contribution is -2.49. The smallest absolute Gasteiger partial charge is 0.257 e. The molecule has 0 aliphatic carbocycles. The molecule has 8 heteroatoms. The molecular formula is C31H35FN4O3. The highest BCUT2D eigenvalue weighted by Gasteiger charge is 2.36. The summed E-state index contributed by atoms with van der Waals surface area (Å²) in [6.45, 7) is 6.99. The molecule has 0 N–H and O–H groups in total. The van der Waals surface area contributed by atoms with Gasteiger partial charge in [-0.15, -0.1) is 0 Å². The van der Waals surface area contributed by atoms with E-state index in [9.17, 15) is 9.18 Å². The zero-order chi connectivity index (χ0) is 27.5. The Morgan fingerprint density at radius 2 is 1.74 bits per heavy atom. The second kappa shape index (κ2) is 11.5. The molecule has 39 heavy (non-hydrogen) atoms. The summed E-state index contributed by atoms with van der Waals surface area (Å²) in [5, 5.41) is 6.53. The predicted molar refractivity (Wildman–Crippen MR) is 151 cm³/mol. The molecule has 5 rings (SSSR count). The van der Waals surface area contributed by atoms with Crippen molar-refractivity contribution >= 4 is 17.3 Å². The van der Waals surface area contributed by atoms with Gasteiger partial charge in [-0.1, -0.05) is 29.8 Å². The Morgan fingerprint density at radius 3 is 2.46 bits per heavy atom. The van der Waals surface area contributed by atoms with E-state index in [-0.39, 0.29) is 24.3 Å². The van der Waals surface area contributed by atoms with Gasteiger partial charge in [0.1, 0.15) is 17.3 Å². The summed E-state index contributed by atoms with van der Waals surface area (Å²) in [6, 6.07) is 18.5. The maximum atomic E-state index is 14.3. The quantitative estimate of drug-likeness (QED) is 0.432. The van der Waals surface area contributed by atoms with Crippen LogP contribution in [0.25, 0.3) is 0 Å². The fraction of sp³-hybridized carbons (Fsp3) is 0.355. The molecule has 3 aromatic rings. The minimum atomic E-state index is -0.322. The summed E-state index contributed by atoms with van der Waals surface area (Å²) in [5.74, 6) is 1.09. The fourth-order valence-electron chi connectivity index (χ4n) is 5.41.